The molecule has 0 bridgehead atoms. The van der Waals surface area contributed by atoms with Crippen molar-refractivity contribution in [3.05, 3.63) is 35.9 Å². The number of aryl methyl sites for hydroxylation is 1. The second kappa shape index (κ2) is 8.53. The van der Waals surface area contributed by atoms with Gasteiger partial charge < -0.3 is 9.80 Å². The minimum Gasteiger partial charge on any atom is -0.337 e. The molecule has 0 aliphatic carbocycles. The predicted molar refractivity (Wildman–Crippen MR) is 107 cm³/mol. The third kappa shape index (κ3) is 4.86. The van der Waals surface area contributed by atoms with Gasteiger partial charge in [-0.15, -0.1) is 0 Å². The van der Waals surface area contributed by atoms with Gasteiger partial charge in [-0.05, 0) is 52.1 Å². The Morgan fingerprint density at radius 2 is 1.77 bits per heavy atom. The van der Waals surface area contributed by atoms with E-state index in [0.29, 0.717) is 18.4 Å². The Bertz CT molecular complexity index is 578. The van der Waals surface area contributed by atoms with Gasteiger partial charge in [-0.2, -0.15) is 0 Å². The van der Waals surface area contributed by atoms with Gasteiger partial charge in [-0.3, -0.25) is 9.69 Å². The highest BCUT2D eigenvalue weighted by atomic mass is 16.2. The van der Waals surface area contributed by atoms with Crippen LogP contribution in [-0.2, 0) is 11.2 Å². The first-order valence-electron chi connectivity index (χ1n) is 10.2. The first-order chi connectivity index (χ1) is 12.5. The molecule has 0 saturated carbocycles. The average Bonchev–Trinajstić information content (AvgIpc) is 2.62. The lowest BCUT2D eigenvalue weighted by Crippen LogP contribution is -2.59. The van der Waals surface area contributed by atoms with Crippen LogP contribution in [-0.4, -0.2) is 72.0 Å². The third-order valence-corrected chi connectivity index (χ3v) is 6.21. The third-order valence-electron chi connectivity index (χ3n) is 6.21. The smallest absolute Gasteiger partial charge is 0.223 e. The fourth-order valence-electron chi connectivity index (χ4n) is 4.55. The quantitative estimate of drug-likeness (QED) is 0.810. The fourth-order valence-corrected chi connectivity index (χ4v) is 4.55. The maximum absolute atomic E-state index is 12.8. The molecule has 0 aromatic heterocycles. The number of piperidine rings is 1. The summed E-state index contributed by atoms with van der Waals surface area (Å²) in [5.74, 6) is 0.336. The Labute approximate surface area is 159 Å². The Morgan fingerprint density at radius 3 is 2.42 bits per heavy atom. The first kappa shape index (κ1) is 19.4. The van der Waals surface area contributed by atoms with E-state index < -0.39 is 0 Å². The summed E-state index contributed by atoms with van der Waals surface area (Å²) in [4.78, 5) is 20.1. The molecule has 26 heavy (non-hydrogen) atoms. The molecule has 1 aromatic rings. The average molecular weight is 358 g/mol. The molecular weight excluding hydrogens is 322 g/mol. The number of likely N-dealkylation sites (tertiary alicyclic amines) is 1. The number of benzene rings is 1. The molecule has 144 valence electrons. The summed E-state index contributed by atoms with van der Waals surface area (Å²) >= 11 is 0. The molecule has 0 radical (unpaired) electrons. The highest BCUT2D eigenvalue weighted by Gasteiger charge is 2.39. The van der Waals surface area contributed by atoms with E-state index in [2.05, 4.69) is 59.9 Å². The number of carbonyl (C=O) groups excluding carboxylic acids is 1. The number of amides is 1. The van der Waals surface area contributed by atoms with Crippen LogP contribution < -0.4 is 0 Å². The summed E-state index contributed by atoms with van der Waals surface area (Å²) in [6.45, 7) is 10.1. The Morgan fingerprint density at radius 1 is 1.08 bits per heavy atom. The molecule has 1 atom stereocenters. The number of rotatable bonds is 5. The van der Waals surface area contributed by atoms with Crippen molar-refractivity contribution in [2.75, 3.05) is 39.8 Å². The van der Waals surface area contributed by atoms with Crippen LogP contribution in [0.4, 0.5) is 0 Å². The van der Waals surface area contributed by atoms with Crippen molar-refractivity contribution >= 4 is 5.91 Å². The van der Waals surface area contributed by atoms with Crippen molar-refractivity contribution in [2.45, 2.75) is 57.5 Å². The Hall–Kier alpha value is -1.39. The molecule has 1 aromatic carbocycles. The number of hydrogen-bond acceptors (Lipinski definition) is 3. The zero-order valence-electron chi connectivity index (χ0n) is 16.8. The number of piperazine rings is 1. The molecule has 3 rings (SSSR count). The van der Waals surface area contributed by atoms with Gasteiger partial charge in [-0.1, -0.05) is 30.3 Å². The van der Waals surface area contributed by atoms with E-state index in [0.717, 1.165) is 32.2 Å². The number of likely N-dealkylation sites (N-methyl/N-ethyl adjacent to an activating group) is 1. The predicted octanol–water partition coefficient (Wildman–Crippen LogP) is 3.03. The van der Waals surface area contributed by atoms with Gasteiger partial charge in [0.2, 0.25) is 5.91 Å². The lowest BCUT2D eigenvalue weighted by atomic mass is 9.85. The topological polar surface area (TPSA) is 26.8 Å². The van der Waals surface area contributed by atoms with Crippen molar-refractivity contribution in [2.24, 2.45) is 0 Å². The van der Waals surface area contributed by atoms with E-state index >= 15 is 0 Å². The van der Waals surface area contributed by atoms with Crippen LogP contribution in [0.15, 0.2) is 30.3 Å². The van der Waals surface area contributed by atoms with E-state index in [-0.39, 0.29) is 5.54 Å². The summed E-state index contributed by atoms with van der Waals surface area (Å²) < 4.78 is 0. The minimum absolute atomic E-state index is 0.0317. The standard InChI is InChI=1S/C22H35N3O/c1-22(2)18-20(24-16-14-23(3)15-17-24)12-13-25(22)21(26)11-7-10-19-8-5-4-6-9-19/h4-6,8-9,20H,7,10-18H2,1-3H3. The van der Waals surface area contributed by atoms with Crippen LogP contribution in [0.1, 0.15) is 45.1 Å². The second-order valence-electron chi connectivity index (χ2n) is 8.68. The lowest BCUT2D eigenvalue weighted by molar-refractivity contribution is -0.140. The van der Waals surface area contributed by atoms with Crippen molar-refractivity contribution < 1.29 is 4.79 Å². The van der Waals surface area contributed by atoms with E-state index in [4.69, 9.17) is 0 Å². The van der Waals surface area contributed by atoms with Crippen LogP contribution >= 0.6 is 0 Å². The van der Waals surface area contributed by atoms with Gasteiger partial charge in [0.05, 0.1) is 0 Å². The largest absolute Gasteiger partial charge is 0.337 e. The van der Waals surface area contributed by atoms with Crippen LogP contribution in [0.3, 0.4) is 0 Å². The normalized spacial score (nSPS) is 24.6. The summed E-state index contributed by atoms with van der Waals surface area (Å²) in [6.07, 6.45) is 4.82. The molecule has 2 fully saturated rings. The van der Waals surface area contributed by atoms with Gasteiger partial charge >= 0.3 is 0 Å². The minimum atomic E-state index is -0.0317. The van der Waals surface area contributed by atoms with E-state index in [1.165, 1.54) is 31.7 Å². The molecule has 0 N–H and O–H groups in total. The van der Waals surface area contributed by atoms with Crippen molar-refractivity contribution in [3.8, 4) is 0 Å². The zero-order chi connectivity index (χ0) is 18.6. The maximum Gasteiger partial charge on any atom is 0.223 e. The summed E-state index contributed by atoms with van der Waals surface area (Å²) in [5, 5.41) is 0. The van der Waals surface area contributed by atoms with Crippen molar-refractivity contribution in [1.29, 1.82) is 0 Å². The SMILES string of the molecule is CN1CCN(C2CCN(C(=O)CCCc3ccccc3)C(C)(C)C2)CC1. The van der Waals surface area contributed by atoms with E-state index in [1.807, 2.05) is 6.07 Å². The van der Waals surface area contributed by atoms with Crippen molar-refractivity contribution in [1.82, 2.24) is 14.7 Å². The zero-order valence-corrected chi connectivity index (χ0v) is 16.8. The monoisotopic (exact) mass is 357 g/mol. The fraction of sp³-hybridized carbons (Fsp3) is 0.682. The van der Waals surface area contributed by atoms with Gasteiger partial charge in [0.1, 0.15) is 0 Å². The number of carbonyl (C=O) groups is 1. The van der Waals surface area contributed by atoms with Crippen LogP contribution in [0.5, 0.6) is 0 Å². The molecule has 4 nitrogen and oxygen atoms in total. The highest BCUT2D eigenvalue weighted by molar-refractivity contribution is 5.77. The molecule has 2 saturated heterocycles. The van der Waals surface area contributed by atoms with Gasteiger partial charge in [0.15, 0.2) is 0 Å². The molecule has 2 aliphatic rings. The number of hydrogen-bond donors (Lipinski definition) is 0. The lowest BCUT2D eigenvalue weighted by Gasteiger charge is -2.50. The maximum atomic E-state index is 12.8. The summed E-state index contributed by atoms with van der Waals surface area (Å²) in [7, 11) is 2.21. The molecule has 1 unspecified atom stereocenters. The van der Waals surface area contributed by atoms with Gasteiger partial charge in [0.25, 0.3) is 0 Å². The number of nitrogens with zero attached hydrogens (tertiary/aromatic N) is 3. The van der Waals surface area contributed by atoms with Crippen LogP contribution in [0, 0.1) is 0 Å². The highest BCUT2D eigenvalue weighted by Crippen LogP contribution is 2.31. The molecule has 1 amide bonds. The molecule has 2 heterocycles. The molecule has 0 spiro atoms. The molecule has 2 aliphatic heterocycles. The second-order valence-corrected chi connectivity index (χ2v) is 8.68. The molecule has 4 heteroatoms. The van der Waals surface area contributed by atoms with E-state index in [1.54, 1.807) is 0 Å². The molecular formula is C22H35N3O. The summed E-state index contributed by atoms with van der Waals surface area (Å²) in [6, 6.07) is 11.1. The van der Waals surface area contributed by atoms with Crippen LogP contribution in [0.25, 0.3) is 0 Å². The van der Waals surface area contributed by atoms with Gasteiger partial charge in [-0.25, -0.2) is 0 Å². The summed E-state index contributed by atoms with van der Waals surface area (Å²) in [5.41, 5.74) is 1.30. The first-order valence-corrected chi connectivity index (χ1v) is 10.2. The van der Waals surface area contributed by atoms with Gasteiger partial charge in [0, 0.05) is 50.7 Å². The van der Waals surface area contributed by atoms with Crippen molar-refractivity contribution in [3.63, 3.8) is 0 Å². The van der Waals surface area contributed by atoms with E-state index in [9.17, 15) is 4.79 Å². The van der Waals surface area contributed by atoms with Crippen LogP contribution in [0.2, 0.25) is 0 Å². The Kier molecular flexibility index (Phi) is 6.36. The Balaban J connectivity index is 1.48.